The van der Waals surface area contributed by atoms with Crippen LogP contribution >= 0.6 is 0 Å². The lowest BCUT2D eigenvalue weighted by Gasteiger charge is -2.36. The van der Waals surface area contributed by atoms with Gasteiger partial charge in [0.05, 0.1) is 0 Å². The van der Waals surface area contributed by atoms with E-state index in [0.717, 1.165) is 19.4 Å². The number of nitrogens with zero attached hydrogens (tertiary/aromatic N) is 2. The summed E-state index contributed by atoms with van der Waals surface area (Å²) in [5.41, 5.74) is 0. The van der Waals surface area contributed by atoms with Gasteiger partial charge in [0.1, 0.15) is 13.2 Å². The maximum absolute atomic E-state index is 11.8. The van der Waals surface area contributed by atoms with Gasteiger partial charge in [-0.15, -0.1) is 0 Å². The number of piperidine rings is 1. The van der Waals surface area contributed by atoms with Gasteiger partial charge < -0.3 is 25.0 Å². The molecule has 2 saturated heterocycles. The van der Waals surface area contributed by atoms with E-state index in [1.165, 1.54) is 0 Å². The van der Waals surface area contributed by atoms with Crippen molar-refractivity contribution in [1.29, 1.82) is 0 Å². The first-order valence-electron chi connectivity index (χ1n) is 6.69. The van der Waals surface area contributed by atoms with Gasteiger partial charge in [0.2, 0.25) is 5.91 Å². The average molecular weight is 285 g/mol. The van der Waals surface area contributed by atoms with Crippen molar-refractivity contribution in [1.82, 2.24) is 15.1 Å². The van der Waals surface area contributed by atoms with Gasteiger partial charge in [0, 0.05) is 32.2 Å². The number of aliphatic carboxylic acids is 1. The first-order valence-corrected chi connectivity index (χ1v) is 6.69. The second-order valence-electron chi connectivity index (χ2n) is 4.92. The number of nitrogens with one attached hydrogen (secondary N) is 1. The molecule has 2 heterocycles. The van der Waals surface area contributed by atoms with E-state index in [4.69, 9.17) is 9.84 Å². The van der Waals surface area contributed by atoms with Gasteiger partial charge in [-0.25, -0.2) is 9.59 Å². The topological polar surface area (TPSA) is 99.2 Å². The summed E-state index contributed by atoms with van der Waals surface area (Å²) >= 11 is 0. The number of rotatable bonds is 5. The third kappa shape index (κ3) is 3.60. The molecule has 0 aromatic rings. The molecule has 0 spiro atoms. The van der Waals surface area contributed by atoms with Crippen LogP contribution in [0.1, 0.15) is 12.8 Å². The van der Waals surface area contributed by atoms with E-state index in [2.05, 4.69) is 5.32 Å². The Morgan fingerprint density at radius 2 is 1.95 bits per heavy atom. The summed E-state index contributed by atoms with van der Waals surface area (Å²) in [6.07, 6.45) is 1.50. The highest BCUT2D eigenvalue weighted by Gasteiger charge is 2.31. The molecule has 20 heavy (non-hydrogen) atoms. The van der Waals surface area contributed by atoms with E-state index < -0.39 is 12.6 Å². The Bertz CT molecular complexity index is 393. The Morgan fingerprint density at radius 3 is 2.50 bits per heavy atom. The van der Waals surface area contributed by atoms with Crippen LogP contribution in [0.2, 0.25) is 0 Å². The highest BCUT2D eigenvalue weighted by atomic mass is 16.5. The molecule has 0 bridgehead atoms. The summed E-state index contributed by atoms with van der Waals surface area (Å²) < 4.78 is 4.79. The van der Waals surface area contributed by atoms with E-state index in [-0.39, 0.29) is 24.6 Å². The number of carbonyl (C=O) groups is 3. The van der Waals surface area contributed by atoms with Crippen molar-refractivity contribution < 1.29 is 24.2 Å². The highest BCUT2D eigenvalue weighted by Crippen LogP contribution is 2.18. The Balaban J connectivity index is 1.72. The third-order valence-corrected chi connectivity index (χ3v) is 3.60. The lowest BCUT2D eigenvalue weighted by molar-refractivity contribution is -0.146. The van der Waals surface area contributed by atoms with E-state index in [1.54, 1.807) is 4.90 Å². The molecule has 0 aliphatic carbocycles. The van der Waals surface area contributed by atoms with Gasteiger partial charge >= 0.3 is 12.0 Å². The van der Waals surface area contributed by atoms with Crippen LogP contribution in [-0.2, 0) is 14.3 Å². The van der Waals surface area contributed by atoms with Crippen molar-refractivity contribution in [3.05, 3.63) is 0 Å². The van der Waals surface area contributed by atoms with Crippen molar-refractivity contribution in [2.24, 2.45) is 0 Å². The van der Waals surface area contributed by atoms with E-state index >= 15 is 0 Å². The number of amides is 3. The van der Waals surface area contributed by atoms with Crippen LogP contribution in [0, 0.1) is 0 Å². The second kappa shape index (κ2) is 6.56. The molecule has 2 aliphatic heterocycles. The number of urea groups is 1. The molecule has 0 radical (unpaired) electrons. The van der Waals surface area contributed by atoms with E-state index in [1.807, 2.05) is 4.90 Å². The number of hydrogen-bond acceptors (Lipinski definition) is 4. The molecule has 8 heteroatoms. The van der Waals surface area contributed by atoms with Crippen LogP contribution in [0.25, 0.3) is 0 Å². The van der Waals surface area contributed by atoms with Crippen molar-refractivity contribution >= 4 is 17.9 Å². The van der Waals surface area contributed by atoms with Gasteiger partial charge in [-0.2, -0.15) is 0 Å². The second-order valence-corrected chi connectivity index (χ2v) is 4.92. The van der Waals surface area contributed by atoms with Crippen molar-refractivity contribution in [3.63, 3.8) is 0 Å². The summed E-state index contributed by atoms with van der Waals surface area (Å²) in [5, 5.41) is 11.2. The number of likely N-dealkylation sites (tertiary alicyclic amines) is 1. The van der Waals surface area contributed by atoms with Gasteiger partial charge in [0.15, 0.2) is 0 Å². The summed E-state index contributed by atoms with van der Waals surface area (Å²) in [4.78, 5) is 37.1. The molecule has 2 aliphatic rings. The van der Waals surface area contributed by atoms with Gasteiger partial charge in [-0.1, -0.05) is 0 Å². The standard InChI is InChI=1S/C12H19N3O5/c16-10(7-20-8-11(17)18)14-4-1-9(2-5-14)15-6-3-13-12(15)19/h9H,1-8H2,(H,13,19)(H,17,18). The monoisotopic (exact) mass is 285 g/mol. The fourth-order valence-electron chi connectivity index (χ4n) is 2.58. The van der Waals surface area contributed by atoms with Crippen molar-refractivity contribution in [2.75, 3.05) is 39.4 Å². The van der Waals surface area contributed by atoms with Crippen LogP contribution < -0.4 is 5.32 Å². The third-order valence-electron chi connectivity index (χ3n) is 3.60. The van der Waals surface area contributed by atoms with Crippen LogP contribution in [0.4, 0.5) is 4.79 Å². The summed E-state index contributed by atoms with van der Waals surface area (Å²) in [6, 6.07) is 0.154. The highest BCUT2D eigenvalue weighted by molar-refractivity contribution is 5.78. The maximum atomic E-state index is 11.8. The molecular weight excluding hydrogens is 266 g/mol. The Labute approximate surface area is 116 Å². The van der Waals surface area contributed by atoms with Crippen molar-refractivity contribution in [3.8, 4) is 0 Å². The lowest BCUT2D eigenvalue weighted by atomic mass is 10.0. The van der Waals surface area contributed by atoms with Crippen molar-refractivity contribution in [2.45, 2.75) is 18.9 Å². The molecule has 0 aromatic carbocycles. The molecule has 2 fully saturated rings. The van der Waals surface area contributed by atoms with E-state index in [9.17, 15) is 14.4 Å². The number of carbonyl (C=O) groups excluding carboxylic acids is 2. The quantitative estimate of drug-likeness (QED) is 0.682. The first kappa shape index (κ1) is 14.6. The summed E-state index contributed by atoms with van der Waals surface area (Å²) in [5.74, 6) is -1.29. The summed E-state index contributed by atoms with van der Waals surface area (Å²) in [7, 11) is 0. The Morgan fingerprint density at radius 1 is 1.25 bits per heavy atom. The predicted molar refractivity (Wildman–Crippen MR) is 68.2 cm³/mol. The van der Waals surface area contributed by atoms with Gasteiger partial charge in [0.25, 0.3) is 0 Å². The maximum Gasteiger partial charge on any atom is 0.329 e. The van der Waals surface area contributed by atoms with Crippen LogP contribution in [-0.4, -0.2) is 78.2 Å². The molecule has 3 amide bonds. The normalized spacial score (nSPS) is 20.1. The van der Waals surface area contributed by atoms with Crippen LogP contribution in [0.5, 0.6) is 0 Å². The zero-order valence-electron chi connectivity index (χ0n) is 11.2. The number of hydrogen-bond donors (Lipinski definition) is 2. The van der Waals surface area contributed by atoms with E-state index in [0.29, 0.717) is 19.6 Å². The van der Waals surface area contributed by atoms with Crippen LogP contribution in [0.15, 0.2) is 0 Å². The lowest BCUT2D eigenvalue weighted by Crippen LogP contribution is -2.48. The zero-order valence-corrected chi connectivity index (χ0v) is 11.2. The largest absolute Gasteiger partial charge is 0.480 e. The molecule has 2 rings (SSSR count). The summed E-state index contributed by atoms with van der Waals surface area (Å²) in [6.45, 7) is 1.88. The molecule has 0 atom stereocenters. The SMILES string of the molecule is O=C(O)COCC(=O)N1CCC(N2CCNC2=O)CC1. The Hall–Kier alpha value is -1.83. The molecule has 0 saturated carbocycles. The Kier molecular flexibility index (Phi) is 4.78. The van der Waals surface area contributed by atoms with Crippen LogP contribution in [0.3, 0.4) is 0 Å². The molecule has 0 aromatic heterocycles. The first-order chi connectivity index (χ1) is 9.58. The average Bonchev–Trinajstić information content (AvgIpc) is 2.84. The van der Waals surface area contributed by atoms with Gasteiger partial charge in [-0.3, -0.25) is 4.79 Å². The smallest absolute Gasteiger partial charge is 0.329 e. The predicted octanol–water partition coefficient (Wildman–Crippen LogP) is -0.896. The number of carboxylic acid groups (broad SMARTS) is 1. The molecule has 2 N–H and O–H groups in total. The number of carboxylic acids is 1. The molecular formula is C12H19N3O5. The van der Waals surface area contributed by atoms with Gasteiger partial charge in [-0.05, 0) is 12.8 Å². The fraction of sp³-hybridized carbons (Fsp3) is 0.750. The molecule has 112 valence electrons. The molecule has 8 nitrogen and oxygen atoms in total. The minimum atomic E-state index is -1.09. The minimum Gasteiger partial charge on any atom is -0.480 e. The molecule has 0 unspecified atom stereocenters. The minimum absolute atomic E-state index is 0.0282. The zero-order chi connectivity index (χ0) is 14.5. The fourth-order valence-corrected chi connectivity index (χ4v) is 2.58. The number of ether oxygens (including phenoxy) is 1.